The minimum Gasteiger partial charge on any atom is -0.480 e. The standard InChI is InChI=1S/C5H3ClF2N2O/c1-11-4-2(6)3(7)9-5(8)10-4/h1H3. The quantitative estimate of drug-likeness (QED) is 0.484. The van der Waals surface area contributed by atoms with Crippen molar-refractivity contribution < 1.29 is 13.5 Å². The third kappa shape index (κ3) is 1.54. The molecule has 11 heavy (non-hydrogen) atoms. The summed E-state index contributed by atoms with van der Waals surface area (Å²) >= 11 is 5.27. The molecule has 60 valence electrons. The maximum absolute atomic E-state index is 12.4. The Kier molecular flexibility index (Phi) is 2.19. The molecule has 1 aromatic heterocycles. The first-order valence-corrected chi connectivity index (χ1v) is 2.95. The van der Waals surface area contributed by atoms with Gasteiger partial charge in [0.1, 0.15) is 0 Å². The smallest absolute Gasteiger partial charge is 0.314 e. The molecule has 3 nitrogen and oxygen atoms in total. The minimum absolute atomic E-state index is 0.309. The summed E-state index contributed by atoms with van der Waals surface area (Å²) < 4.78 is 29.1. The van der Waals surface area contributed by atoms with Crippen LogP contribution in [0.15, 0.2) is 0 Å². The zero-order valence-corrected chi connectivity index (χ0v) is 6.19. The van der Waals surface area contributed by atoms with E-state index in [1.807, 2.05) is 0 Å². The first-order chi connectivity index (χ1) is 5.15. The number of aromatic nitrogens is 2. The van der Waals surface area contributed by atoms with Crippen molar-refractivity contribution in [3.05, 3.63) is 17.0 Å². The second kappa shape index (κ2) is 2.96. The van der Waals surface area contributed by atoms with Gasteiger partial charge in [-0.05, 0) is 0 Å². The Labute approximate surface area is 66.0 Å². The van der Waals surface area contributed by atoms with E-state index in [0.717, 1.165) is 0 Å². The van der Waals surface area contributed by atoms with Gasteiger partial charge in [0.25, 0.3) is 0 Å². The third-order valence-corrected chi connectivity index (χ3v) is 1.26. The van der Waals surface area contributed by atoms with Crippen molar-refractivity contribution in [2.45, 2.75) is 0 Å². The lowest BCUT2D eigenvalue weighted by molar-refractivity contribution is 0.370. The van der Waals surface area contributed by atoms with Crippen molar-refractivity contribution in [1.29, 1.82) is 0 Å². The molecule has 0 radical (unpaired) electrons. The Morgan fingerprint density at radius 3 is 2.55 bits per heavy atom. The highest BCUT2D eigenvalue weighted by Gasteiger charge is 2.11. The summed E-state index contributed by atoms with van der Waals surface area (Å²) in [5.41, 5.74) is 0. The average Bonchev–Trinajstić information content (AvgIpc) is 1.96. The van der Waals surface area contributed by atoms with Gasteiger partial charge >= 0.3 is 6.08 Å². The van der Waals surface area contributed by atoms with Gasteiger partial charge in [0, 0.05) is 0 Å². The molecule has 0 unspecified atom stereocenters. The number of halogens is 3. The van der Waals surface area contributed by atoms with E-state index in [2.05, 4.69) is 14.7 Å². The van der Waals surface area contributed by atoms with Crippen LogP contribution in [-0.2, 0) is 0 Å². The SMILES string of the molecule is COc1nc(F)nc(F)c1Cl. The second-order valence-electron chi connectivity index (χ2n) is 1.61. The molecule has 1 heterocycles. The minimum atomic E-state index is -1.20. The fraction of sp³-hybridized carbons (Fsp3) is 0.200. The van der Waals surface area contributed by atoms with Gasteiger partial charge in [-0.25, -0.2) is 0 Å². The number of hydrogen-bond acceptors (Lipinski definition) is 3. The van der Waals surface area contributed by atoms with Gasteiger partial charge in [0.2, 0.25) is 11.8 Å². The summed E-state index contributed by atoms with van der Waals surface area (Å²) in [5.74, 6) is -1.44. The molecule has 0 atom stereocenters. The monoisotopic (exact) mass is 180 g/mol. The molecule has 6 heteroatoms. The van der Waals surface area contributed by atoms with Crippen LogP contribution in [0.4, 0.5) is 8.78 Å². The fourth-order valence-electron chi connectivity index (χ4n) is 0.511. The molecule has 0 N–H and O–H groups in total. The highest BCUT2D eigenvalue weighted by Crippen LogP contribution is 2.22. The molecule has 0 amide bonds. The van der Waals surface area contributed by atoms with Crippen molar-refractivity contribution in [2.75, 3.05) is 7.11 Å². The molecule has 0 aromatic carbocycles. The lowest BCUT2D eigenvalue weighted by Gasteiger charge is -1.99. The van der Waals surface area contributed by atoms with E-state index in [-0.39, 0.29) is 5.88 Å². The van der Waals surface area contributed by atoms with Crippen LogP contribution in [-0.4, -0.2) is 17.1 Å². The molecule has 0 aliphatic carbocycles. The maximum atomic E-state index is 12.4. The van der Waals surface area contributed by atoms with Gasteiger partial charge in [0.05, 0.1) is 7.11 Å². The molecular weight excluding hydrogens is 178 g/mol. The zero-order chi connectivity index (χ0) is 8.43. The normalized spacial score (nSPS) is 9.82. The Hall–Kier alpha value is -0.970. The summed E-state index contributed by atoms with van der Waals surface area (Å²) in [4.78, 5) is 5.81. The van der Waals surface area contributed by atoms with Crippen molar-refractivity contribution in [2.24, 2.45) is 0 Å². The van der Waals surface area contributed by atoms with Gasteiger partial charge < -0.3 is 4.74 Å². The summed E-state index contributed by atoms with van der Waals surface area (Å²) in [6.45, 7) is 0. The first kappa shape index (κ1) is 8.13. The van der Waals surface area contributed by atoms with E-state index in [1.54, 1.807) is 0 Å². The number of nitrogens with zero attached hydrogens (tertiary/aromatic N) is 2. The van der Waals surface area contributed by atoms with Crippen LogP contribution in [0.5, 0.6) is 5.88 Å². The van der Waals surface area contributed by atoms with Gasteiger partial charge in [0.15, 0.2) is 5.02 Å². The Balaban J connectivity index is 3.24. The number of methoxy groups -OCH3 is 1. The molecule has 0 aliphatic rings. The van der Waals surface area contributed by atoms with Crippen molar-refractivity contribution >= 4 is 11.6 Å². The predicted octanol–water partition coefficient (Wildman–Crippen LogP) is 1.42. The van der Waals surface area contributed by atoms with Gasteiger partial charge in [-0.3, -0.25) is 0 Å². The van der Waals surface area contributed by atoms with E-state index >= 15 is 0 Å². The van der Waals surface area contributed by atoms with Crippen LogP contribution in [0.3, 0.4) is 0 Å². The van der Waals surface area contributed by atoms with Gasteiger partial charge in [-0.1, -0.05) is 11.6 Å². The lowest BCUT2D eigenvalue weighted by atomic mass is 10.6. The van der Waals surface area contributed by atoms with E-state index in [1.165, 1.54) is 7.11 Å². The van der Waals surface area contributed by atoms with Crippen LogP contribution in [0.1, 0.15) is 0 Å². The molecular formula is C5H3ClF2N2O. The molecule has 1 aromatic rings. The number of ether oxygens (including phenoxy) is 1. The fourth-order valence-corrected chi connectivity index (χ4v) is 0.673. The van der Waals surface area contributed by atoms with Crippen LogP contribution in [0, 0.1) is 12.0 Å². The topological polar surface area (TPSA) is 35.0 Å². The molecule has 0 bridgehead atoms. The molecule has 0 fully saturated rings. The van der Waals surface area contributed by atoms with Gasteiger partial charge in [-0.15, -0.1) is 0 Å². The zero-order valence-electron chi connectivity index (χ0n) is 5.44. The Morgan fingerprint density at radius 1 is 1.36 bits per heavy atom. The van der Waals surface area contributed by atoms with Crippen molar-refractivity contribution in [1.82, 2.24) is 9.97 Å². The molecule has 0 aliphatic heterocycles. The maximum Gasteiger partial charge on any atom is 0.314 e. The molecule has 1 rings (SSSR count). The lowest BCUT2D eigenvalue weighted by Crippen LogP contribution is -1.98. The summed E-state index contributed by atoms with van der Waals surface area (Å²) in [5, 5.41) is -0.422. The summed E-state index contributed by atoms with van der Waals surface area (Å²) in [6, 6.07) is 0. The molecule has 0 saturated carbocycles. The highest BCUT2D eigenvalue weighted by molar-refractivity contribution is 6.31. The van der Waals surface area contributed by atoms with E-state index in [0.29, 0.717) is 0 Å². The van der Waals surface area contributed by atoms with Crippen LogP contribution < -0.4 is 4.74 Å². The Morgan fingerprint density at radius 2 is 2.00 bits per heavy atom. The van der Waals surface area contributed by atoms with Gasteiger partial charge in [-0.2, -0.15) is 18.7 Å². The average molecular weight is 181 g/mol. The van der Waals surface area contributed by atoms with E-state index < -0.39 is 17.0 Å². The van der Waals surface area contributed by atoms with Crippen molar-refractivity contribution in [3.8, 4) is 5.88 Å². The number of rotatable bonds is 1. The van der Waals surface area contributed by atoms with E-state index in [9.17, 15) is 8.78 Å². The molecule has 0 spiro atoms. The number of hydrogen-bond donors (Lipinski definition) is 0. The van der Waals surface area contributed by atoms with Crippen LogP contribution in [0.2, 0.25) is 5.02 Å². The van der Waals surface area contributed by atoms with E-state index in [4.69, 9.17) is 11.6 Å². The largest absolute Gasteiger partial charge is 0.480 e. The summed E-state index contributed by atoms with van der Waals surface area (Å²) in [7, 11) is 1.20. The van der Waals surface area contributed by atoms with Crippen LogP contribution in [0.25, 0.3) is 0 Å². The predicted molar refractivity (Wildman–Crippen MR) is 33.5 cm³/mol. The summed E-state index contributed by atoms with van der Waals surface area (Å²) in [6.07, 6.45) is -1.20. The molecule has 0 saturated heterocycles. The third-order valence-electron chi connectivity index (χ3n) is 0.946. The Bertz CT molecular complexity index is 281. The first-order valence-electron chi connectivity index (χ1n) is 2.57. The van der Waals surface area contributed by atoms with Crippen LogP contribution >= 0.6 is 11.6 Å². The highest BCUT2D eigenvalue weighted by atomic mass is 35.5. The van der Waals surface area contributed by atoms with Crippen molar-refractivity contribution in [3.63, 3.8) is 0 Å². The second-order valence-corrected chi connectivity index (χ2v) is 1.98.